The fraction of sp³-hybridized carbons (Fsp3) is 0.700. The van der Waals surface area contributed by atoms with E-state index in [4.69, 9.17) is 17.3 Å². The van der Waals surface area contributed by atoms with Gasteiger partial charge < -0.3 is 10.3 Å². The SMILES string of the molecule is CCn1cnc(Cl)c1C(C)(C)CCN. The number of hydrogen-bond acceptors (Lipinski definition) is 2. The molecule has 80 valence electrons. The fourth-order valence-electron chi connectivity index (χ4n) is 1.74. The zero-order valence-corrected chi connectivity index (χ0v) is 9.80. The van der Waals surface area contributed by atoms with E-state index in [2.05, 4.69) is 30.3 Å². The van der Waals surface area contributed by atoms with E-state index in [0.29, 0.717) is 11.7 Å². The lowest BCUT2D eigenvalue weighted by Gasteiger charge is -2.25. The molecule has 0 aliphatic rings. The molecule has 0 radical (unpaired) electrons. The first kappa shape index (κ1) is 11.5. The molecule has 0 atom stereocenters. The molecule has 0 saturated heterocycles. The Morgan fingerprint density at radius 2 is 2.21 bits per heavy atom. The maximum absolute atomic E-state index is 6.07. The van der Waals surface area contributed by atoms with Crippen molar-refractivity contribution in [1.29, 1.82) is 0 Å². The third kappa shape index (κ3) is 2.10. The van der Waals surface area contributed by atoms with E-state index in [1.165, 1.54) is 0 Å². The number of nitrogens with zero attached hydrogens (tertiary/aromatic N) is 2. The van der Waals surface area contributed by atoms with Crippen molar-refractivity contribution in [3.63, 3.8) is 0 Å². The normalized spacial score (nSPS) is 12.1. The summed E-state index contributed by atoms with van der Waals surface area (Å²) >= 11 is 6.07. The molecule has 14 heavy (non-hydrogen) atoms. The number of aryl methyl sites for hydroxylation is 1. The average Bonchev–Trinajstić information content (AvgIpc) is 2.47. The molecular weight excluding hydrogens is 198 g/mol. The number of hydrogen-bond donors (Lipinski definition) is 1. The molecular formula is C10H18ClN3. The van der Waals surface area contributed by atoms with Crippen molar-refractivity contribution in [2.24, 2.45) is 5.73 Å². The first-order valence-corrected chi connectivity index (χ1v) is 5.32. The van der Waals surface area contributed by atoms with Gasteiger partial charge in [-0.3, -0.25) is 0 Å². The largest absolute Gasteiger partial charge is 0.333 e. The summed E-state index contributed by atoms with van der Waals surface area (Å²) in [6, 6.07) is 0. The first-order valence-electron chi connectivity index (χ1n) is 4.94. The minimum Gasteiger partial charge on any atom is -0.333 e. The van der Waals surface area contributed by atoms with E-state index in [9.17, 15) is 0 Å². The van der Waals surface area contributed by atoms with Crippen LogP contribution in [-0.4, -0.2) is 16.1 Å². The highest BCUT2D eigenvalue weighted by Gasteiger charge is 2.26. The van der Waals surface area contributed by atoms with Crippen molar-refractivity contribution in [3.8, 4) is 0 Å². The Kier molecular flexibility index (Phi) is 3.56. The van der Waals surface area contributed by atoms with Gasteiger partial charge in [0.25, 0.3) is 0 Å². The Balaban J connectivity index is 3.08. The van der Waals surface area contributed by atoms with Crippen LogP contribution < -0.4 is 5.73 Å². The van der Waals surface area contributed by atoms with E-state index < -0.39 is 0 Å². The number of rotatable bonds is 4. The highest BCUT2D eigenvalue weighted by Crippen LogP contribution is 2.31. The molecule has 0 spiro atoms. The molecule has 0 saturated carbocycles. The summed E-state index contributed by atoms with van der Waals surface area (Å²) in [6.45, 7) is 7.94. The number of imidazole rings is 1. The van der Waals surface area contributed by atoms with Gasteiger partial charge in [-0.25, -0.2) is 4.98 Å². The highest BCUT2D eigenvalue weighted by atomic mass is 35.5. The molecule has 0 aliphatic carbocycles. The number of halogens is 1. The summed E-state index contributed by atoms with van der Waals surface area (Å²) in [6.07, 6.45) is 2.70. The zero-order chi connectivity index (χ0) is 10.8. The smallest absolute Gasteiger partial charge is 0.150 e. The van der Waals surface area contributed by atoms with E-state index >= 15 is 0 Å². The molecule has 1 rings (SSSR count). The second-order valence-electron chi connectivity index (χ2n) is 4.09. The first-order chi connectivity index (χ1) is 6.53. The minimum absolute atomic E-state index is 0.00164. The maximum atomic E-state index is 6.07. The van der Waals surface area contributed by atoms with Crippen LogP contribution in [0, 0.1) is 0 Å². The lowest BCUT2D eigenvalue weighted by molar-refractivity contribution is 0.449. The molecule has 3 nitrogen and oxygen atoms in total. The summed E-state index contributed by atoms with van der Waals surface area (Å²) in [4.78, 5) is 4.12. The zero-order valence-electron chi connectivity index (χ0n) is 9.05. The van der Waals surface area contributed by atoms with Crippen molar-refractivity contribution < 1.29 is 0 Å². The molecule has 0 unspecified atom stereocenters. The molecule has 0 aromatic carbocycles. The van der Waals surface area contributed by atoms with Crippen LogP contribution in [0.1, 0.15) is 32.9 Å². The van der Waals surface area contributed by atoms with E-state index in [0.717, 1.165) is 18.7 Å². The molecule has 1 aromatic heterocycles. The average molecular weight is 216 g/mol. The van der Waals surface area contributed by atoms with Gasteiger partial charge >= 0.3 is 0 Å². The van der Waals surface area contributed by atoms with Gasteiger partial charge in [-0.1, -0.05) is 25.4 Å². The van der Waals surface area contributed by atoms with Crippen LogP contribution in [0.4, 0.5) is 0 Å². The van der Waals surface area contributed by atoms with E-state index in [1.54, 1.807) is 6.33 Å². The molecule has 4 heteroatoms. The second kappa shape index (κ2) is 4.32. The Bertz CT molecular complexity index is 304. The number of nitrogens with two attached hydrogens (primary N) is 1. The summed E-state index contributed by atoms with van der Waals surface area (Å²) in [5.74, 6) is 0. The van der Waals surface area contributed by atoms with Gasteiger partial charge in [0.05, 0.1) is 12.0 Å². The molecule has 1 heterocycles. The van der Waals surface area contributed by atoms with Crippen LogP contribution in [0.25, 0.3) is 0 Å². The molecule has 0 fully saturated rings. The minimum atomic E-state index is -0.00164. The highest BCUT2D eigenvalue weighted by molar-refractivity contribution is 6.30. The van der Waals surface area contributed by atoms with Crippen LogP contribution >= 0.6 is 11.6 Å². The topological polar surface area (TPSA) is 43.8 Å². The van der Waals surface area contributed by atoms with Crippen LogP contribution in [0.3, 0.4) is 0 Å². The Morgan fingerprint density at radius 1 is 1.57 bits per heavy atom. The summed E-state index contributed by atoms with van der Waals surface area (Å²) < 4.78 is 2.08. The van der Waals surface area contributed by atoms with Crippen molar-refractivity contribution in [2.75, 3.05) is 6.54 Å². The van der Waals surface area contributed by atoms with Crippen molar-refractivity contribution in [1.82, 2.24) is 9.55 Å². The van der Waals surface area contributed by atoms with Crippen LogP contribution in [0.15, 0.2) is 6.33 Å². The van der Waals surface area contributed by atoms with Crippen molar-refractivity contribution >= 4 is 11.6 Å². The van der Waals surface area contributed by atoms with E-state index in [-0.39, 0.29) is 5.41 Å². The van der Waals surface area contributed by atoms with Crippen LogP contribution in [0.2, 0.25) is 5.15 Å². The predicted octanol–water partition coefficient (Wildman–Crippen LogP) is 2.18. The third-order valence-electron chi connectivity index (χ3n) is 2.54. The standard InChI is InChI=1S/C10H18ClN3/c1-4-14-7-13-9(11)8(14)10(2,3)5-6-12/h7H,4-6,12H2,1-3H3. The Morgan fingerprint density at radius 3 is 2.71 bits per heavy atom. The monoisotopic (exact) mass is 215 g/mol. The van der Waals surface area contributed by atoms with Crippen LogP contribution in [0.5, 0.6) is 0 Å². The third-order valence-corrected chi connectivity index (χ3v) is 2.82. The van der Waals surface area contributed by atoms with Gasteiger partial charge in [-0.05, 0) is 19.9 Å². The lowest BCUT2D eigenvalue weighted by atomic mass is 9.86. The Labute approximate surface area is 90.3 Å². The molecule has 1 aromatic rings. The molecule has 0 aliphatic heterocycles. The van der Waals surface area contributed by atoms with Crippen molar-refractivity contribution in [2.45, 2.75) is 39.2 Å². The van der Waals surface area contributed by atoms with Gasteiger partial charge in [0, 0.05) is 12.0 Å². The number of aromatic nitrogens is 2. The van der Waals surface area contributed by atoms with Gasteiger partial charge in [-0.15, -0.1) is 0 Å². The van der Waals surface area contributed by atoms with Crippen molar-refractivity contribution in [3.05, 3.63) is 17.2 Å². The van der Waals surface area contributed by atoms with Gasteiger partial charge in [0.15, 0.2) is 5.15 Å². The summed E-state index contributed by atoms with van der Waals surface area (Å²) in [5, 5.41) is 0.602. The Hall–Kier alpha value is -0.540. The predicted molar refractivity (Wildman–Crippen MR) is 59.6 cm³/mol. The van der Waals surface area contributed by atoms with Crippen LogP contribution in [-0.2, 0) is 12.0 Å². The summed E-state index contributed by atoms with van der Waals surface area (Å²) in [7, 11) is 0. The van der Waals surface area contributed by atoms with Gasteiger partial charge in [0.1, 0.15) is 0 Å². The van der Waals surface area contributed by atoms with Gasteiger partial charge in [-0.2, -0.15) is 0 Å². The molecule has 0 bridgehead atoms. The van der Waals surface area contributed by atoms with Gasteiger partial charge in [0.2, 0.25) is 0 Å². The quantitative estimate of drug-likeness (QED) is 0.837. The van der Waals surface area contributed by atoms with E-state index in [1.807, 2.05) is 0 Å². The fourth-order valence-corrected chi connectivity index (χ4v) is 2.15. The molecule has 2 N–H and O–H groups in total. The molecule has 0 amide bonds. The lowest BCUT2D eigenvalue weighted by Crippen LogP contribution is -2.25. The summed E-state index contributed by atoms with van der Waals surface area (Å²) in [5.41, 5.74) is 6.68. The second-order valence-corrected chi connectivity index (χ2v) is 4.45. The maximum Gasteiger partial charge on any atom is 0.150 e.